The molecule has 0 atom stereocenters. The smallest absolute Gasteiger partial charge is 0.118 e. The van der Waals surface area contributed by atoms with Crippen molar-refractivity contribution in [2.45, 2.75) is 39.8 Å². The number of hydrogen-bond acceptors (Lipinski definition) is 5. The van der Waals surface area contributed by atoms with Gasteiger partial charge in [-0.3, -0.25) is 14.7 Å². The Morgan fingerprint density at radius 3 is 2.97 bits per heavy atom. The minimum atomic E-state index is 0.145. The molecule has 3 aromatic rings. The van der Waals surface area contributed by atoms with Gasteiger partial charge in [0.05, 0.1) is 11.2 Å². The van der Waals surface area contributed by atoms with E-state index in [1.54, 1.807) is 6.08 Å². The van der Waals surface area contributed by atoms with Crippen LogP contribution in [0.5, 0.6) is 0 Å². The second-order valence-corrected chi connectivity index (χ2v) is 7.13. The maximum atomic E-state index is 10.8. The van der Waals surface area contributed by atoms with E-state index < -0.39 is 0 Å². The first kappa shape index (κ1) is 18.9. The van der Waals surface area contributed by atoms with Gasteiger partial charge in [-0.2, -0.15) is 10.0 Å². The summed E-state index contributed by atoms with van der Waals surface area (Å²) in [4.78, 5) is 20.0. The second-order valence-electron chi connectivity index (χ2n) is 7.13. The van der Waals surface area contributed by atoms with Crippen LogP contribution in [0.4, 0.5) is 0 Å². The molecule has 1 aliphatic heterocycles. The Morgan fingerprint density at radius 1 is 1.34 bits per heavy atom. The molecule has 146 valence electrons. The molecule has 0 aliphatic carbocycles. The number of rotatable bonds is 6. The van der Waals surface area contributed by atoms with Gasteiger partial charge in [-0.05, 0) is 62.1 Å². The Balaban J connectivity index is 1.99. The topological polar surface area (TPSA) is 72.5 Å². The lowest BCUT2D eigenvalue weighted by Crippen LogP contribution is -1.96. The molecule has 0 saturated heterocycles. The maximum absolute atomic E-state index is 10.8. The number of aryl methyl sites for hydroxylation is 1. The van der Waals surface area contributed by atoms with Crippen molar-refractivity contribution in [2.24, 2.45) is 10.2 Å². The molecule has 1 aliphatic rings. The molecule has 0 fully saturated rings. The van der Waals surface area contributed by atoms with E-state index in [0.29, 0.717) is 0 Å². The predicted octanol–water partition coefficient (Wildman–Crippen LogP) is 5.32. The Bertz CT molecular complexity index is 1170. The van der Waals surface area contributed by atoms with Crippen molar-refractivity contribution >= 4 is 22.3 Å². The van der Waals surface area contributed by atoms with Gasteiger partial charge in [0.1, 0.15) is 12.2 Å². The fourth-order valence-corrected chi connectivity index (χ4v) is 3.87. The molecule has 0 bridgehead atoms. The van der Waals surface area contributed by atoms with Crippen molar-refractivity contribution in [3.8, 4) is 11.1 Å². The highest BCUT2D eigenvalue weighted by Crippen LogP contribution is 2.39. The first-order valence-corrected chi connectivity index (χ1v) is 9.77. The van der Waals surface area contributed by atoms with E-state index in [9.17, 15) is 4.91 Å². The summed E-state index contributed by atoms with van der Waals surface area (Å²) in [7, 11) is 0. The molecular weight excluding hydrogens is 362 g/mol. The zero-order chi connectivity index (χ0) is 20.4. The maximum Gasteiger partial charge on any atom is 0.118 e. The summed E-state index contributed by atoms with van der Waals surface area (Å²) in [5, 5.41) is 8.95. The van der Waals surface area contributed by atoms with Gasteiger partial charge < -0.3 is 0 Å². The SMILES string of the molecule is C=CC(C)=N/C(=C\C)c1nn2c(c1-c1ccnc3ccc(CN=O)cc13)CCC2. The number of allylic oxidation sites excluding steroid dienone is 2. The van der Waals surface area contributed by atoms with E-state index in [4.69, 9.17) is 10.1 Å². The average Bonchev–Trinajstić information content (AvgIpc) is 3.33. The molecule has 6 nitrogen and oxygen atoms in total. The van der Waals surface area contributed by atoms with Gasteiger partial charge in [-0.1, -0.05) is 23.9 Å². The van der Waals surface area contributed by atoms with Crippen LogP contribution >= 0.6 is 0 Å². The molecule has 0 N–H and O–H groups in total. The zero-order valence-electron chi connectivity index (χ0n) is 16.7. The van der Waals surface area contributed by atoms with E-state index in [1.807, 2.05) is 50.4 Å². The molecule has 6 heteroatoms. The van der Waals surface area contributed by atoms with E-state index in [0.717, 1.165) is 64.1 Å². The van der Waals surface area contributed by atoms with Crippen LogP contribution in [0.25, 0.3) is 27.7 Å². The Kier molecular flexibility index (Phi) is 5.16. The normalized spacial score (nSPS) is 14.3. The number of hydrogen-bond donors (Lipinski definition) is 0. The highest BCUT2D eigenvalue weighted by molar-refractivity contribution is 6.00. The molecule has 1 aromatic carbocycles. The summed E-state index contributed by atoms with van der Waals surface area (Å²) in [5.41, 5.74) is 7.68. The number of nitroso groups, excluding NO2 is 1. The van der Waals surface area contributed by atoms with Crippen LogP contribution in [0.15, 0.2) is 59.4 Å². The van der Waals surface area contributed by atoms with Gasteiger partial charge >= 0.3 is 0 Å². The van der Waals surface area contributed by atoms with E-state index in [-0.39, 0.29) is 6.54 Å². The lowest BCUT2D eigenvalue weighted by molar-refractivity contribution is 0.653. The van der Waals surface area contributed by atoms with Crippen LogP contribution in [0.1, 0.15) is 37.2 Å². The summed E-state index contributed by atoms with van der Waals surface area (Å²) >= 11 is 0. The molecule has 29 heavy (non-hydrogen) atoms. The first-order chi connectivity index (χ1) is 14.2. The number of pyridine rings is 1. The van der Waals surface area contributed by atoms with E-state index in [2.05, 4.69) is 21.4 Å². The Morgan fingerprint density at radius 2 is 2.21 bits per heavy atom. The van der Waals surface area contributed by atoms with E-state index >= 15 is 0 Å². The number of fused-ring (bicyclic) bond motifs is 2. The predicted molar refractivity (Wildman–Crippen MR) is 118 cm³/mol. The molecule has 0 spiro atoms. The average molecular weight is 385 g/mol. The quantitative estimate of drug-likeness (QED) is 0.426. The third kappa shape index (κ3) is 3.42. The molecule has 0 radical (unpaired) electrons. The summed E-state index contributed by atoms with van der Waals surface area (Å²) in [6.45, 7) is 8.77. The van der Waals surface area contributed by atoms with Crippen LogP contribution < -0.4 is 0 Å². The molecule has 2 aromatic heterocycles. The van der Waals surface area contributed by atoms with Gasteiger partial charge in [-0.25, -0.2) is 0 Å². The summed E-state index contributed by atoms with van der Waals surface area (Å²) in [6, 6.07) is 7.88. The van der Waals surface area contributed by atoms with E-state index in [1.165, 1.54) is 5.69 Å². The molecule has 4 rings (SSSR count). The van der Waals surface area contributed by atoms with Crippen molar-refractivity contribution in [2.75, 3.05) is 0 Å². The van der Waals surface area contributed by atoms with Crippen molar-refractivity contribution in [1.82, 2.24) is 14.8 Å². The Labute approximate surface area is 169 Å². The van der Waals surface area contributed by atoms with Crippen molar-refractivity contribution in [3.05, 3.63) is 71.1 Å². The van der Waals surface area contributed by atoms with Crippen LogP contribution in [0, 0.1) is 4.91 Å². The summed E-state index contributed by atoms with van der Waals surface area (Å²) in [5.74, 6) is 0. The molecule has 3 heterocycles. The minimum Gasteiger partial charge on any atom is -0.268 e. The van der Waals surface area contributed by atoms with Gasteiger partial charge in [0, 0.05) is 35.1 Å². The molecule has 0 saturated carbocycles. The monoisotopic (exact) mass is 385 g/mol. The third-order valence-corrected chi connectivity index (χ3v) is 5.27. The minimum absolute atomic E-state index is 0.145. The zero-order valence-corrected chi connectivity index (χ0v) is 16.7. The molecular formula is C23H23N5O. The van der Waals surface area contributed by atoms with Crippen LogP contribution in [-0.2, 0) is 19.5 Å². The second kappa shape index (κ2) is 7.91. The largest absolute Gasteiger partial charge is 0.268 e. The fraction of sp³-hybridized carbons (Fsp3) is 0.261. The van der Waals surface area contributed by atoms with Gasteiger partial charge in [-0.15, -0.1) is 0 Å². The fourth-order valence-electron chi connectivity index (χ4n) is 3.87. The number of nitrogens with zero attached hydrogens (tertiary/aromatic N) is 5. The van der Waals surface area contributed by atoms with Gasteiger partial charge in [0.2, 0.25) is 0 Å². The van der Waals surface area contributed by atoms with Gasteiger partial charge in [0.15, 0.2) is 0 Å². The lowest BCUT2D eigenvalue weighted by Gasteiger charge is -2.10. The summed E-state index contributed by atoms with van der Waals surface area (Å²) < 4.78 is 2.09. The van der Waals surface area contributed by atoms with Crippen molar-refractivity contribution < 1.29 is 0 Å². The molecule has 0 unspecified atom stereocenters. The number of aromatic nitrogens is 3. The third-order valence-electron chi connectivity index (χ3n) is 5.27. The number of aliphatic imine (C=N–C) groups is 1. The standard InChI is InChI=1S/C23H23N5O/c1-4-15(3)26-19(5-2)23-22(21-7-6-12-28(21)27-23)17-10-11-24-20-9-8-16(14-25-29)13-18(17)20/h4-5,8-11,13H,1,6-7,12,14H2,2-3H3/b19-5-,26-15?. The lowest BCUT2D eigenvalue weighted by atomic mass is 9.96. The highest BCUT2D eigenvalue weighted by Gasteiger charge is 2.26. The van der Waals surface area contributed by atoms with Gasteiger partial charge in [0.25, 0.3) is 0 Å². The number of benzene rings is 1. The van der Waals surface area contributed by atoms with Crippen LogP contribution in [0.2, 0.25) is 0 Å². The first-order valence-electron chi connectivity index (χ1n) is 9.77. The highest BCUT2D eigenvalue weighted by atomic mass is 16.3. The summed E-state index contributed by atoms with van der Waals surface area (Å²) in [6.07, 6.45) is 7.61. The molecule has 0 amide bonds. The van der Waals surface area contributed by atoms with Crippen molar-refractivity contribution in [1.29, 1.82) is 0 Å². The van der Waals surface area contributed by atoms with Crippen LogP contribution in [-0.4, -0.2) is 20.5 Å². The Hall–Kier alpha value is -3.41. The van der Waals surface area contributed by atoms with Crippen LogP contribution in [0.3, 0.4) is 0 Å². The van der Waals surface area contributed by atoms with Crippen molar-refractivity contribution in [3.63, 3.8) is 0 Å².